The Labute approximate surface area is 172 Å². The van der Waals surface area contributed by atoms with Gasteiger partial charge in [0.2, 0.25) is 5.91 Å². The highest BCUT2D eigenvalue weighted by molar-refractivity contribution is 9.10. The Morgan fingerprint density at radius 1 is 1.18 bits per heavy atom. The number of amides is 2. The number of morpholine rings is 1. The third-order valence-corrected chi connectivity index (χ3v) is 5.44. The molecule has 0 N–H and O–H groups in total. The number of ether oxygens (including phenoxy) is 2. The summed E-state index contributed by atoms with van der Waals surface area (Å²) in [6.07, 6.45) is -0.246. The van der Waals surface area contributed by atoms with Gasteiger partial charge in [-0.15, -0.1) is 0 Å². The summed E-state index contributed by atoms with van der Waals surface area (Å²) in [5, 5.41) is 0. The number of fused-ring (bicyclic) bond motifs is 1. The molecule has 0 radical (unpaired) electrons. The van der Waals surface area contributed by atoms with Gasteiger partial charge in [0.15, 0.2) is 6.61 Å². The van der Waals surface area contributed by atoms with Gasteiger partial charge in [0.25, 0.3) is 5.91 Å². The summed E-state index contributed by atoms with van der Waals surface area (Å²) in [6, 6.07) is 15.3. The van der Waals surface area contributed by atoms with E-state index in [0.717, 1.165) is 10.0 Å². The van der Waals surface area contributed by atoms with E-state index in [2.05, 4.69) is 15.9 Å². The molecule has 0 saturated carbocycles. The van der Waals surface area contributed by atoms with Crippen molar-refractivity contribution in [3.63, 3.8) is 0 Å². The Bertz CT molecular complexity index is 889. The van der Waals surface area contributed by atoms with E-state index < -0.39 is 0 Å². The van der Waals surface area contributed by atoms with E-state index in [0.29, 0.717) is 24.5 Å². The summed E-state index contributed by atoms with van der Waals surface area (Å²) in [6.45, 7) is 2.86. The maximum absolute atomic E-state index is 13.0. The molecule has 0 aromatic heterocycles. The van der Waals surface area contributed by atoms with Crippen LogP contribution in [0.2, 0.25) is 0 Å². The van der Waals surface area contributed by atoms with Gasteiger partial charge in [0.1, 0.15) is 18.4 Å². The normalized spacial score (nSPS) is 21.9. The van der Waals surface area contributed by atoms with E-state index in [1.54, 1.807) is 11.0 Å². The zero-order chi connectivity index (χ0) is 19.7. The summed E-state index contributed by atoms with van der Waals surface area (Å²) < 4.78 is 12.4. The minimum absolute atomic E-state index is 0.00887. The number of carbonyl (C=O) groups is 2. The predicted octanol–water partition coefficient (Wildman–Crippen LogP) is 3.16. The molecule has 2 heterocycles. The number of hydrogen-bond acceptors (Lipinski definition) is 4. The van der Waals surface area contributed by atoms with Crippen LogP contribution in [-0.4, -0.2) is 49.1 Å². The van der Waals surface area contributed by atoms with Crippen molar-refractivity contribution in [3.05, 3.63) is 58.6 Å². The molecule has 2 aromatic rings. The Morgan fingerprint density at radius 2 is 1.96 bits per heavy atom. The molecule has 0 bridgehead atoms. The lowest BCUT2D eigenvalue weighted by molar-refractivity contribution is -0.144. The second kappa shape index (κ2) is 7.93. The molecule has 2 aliphatic heterocycles. The fraction of sp³-hybridized carbons (Fsp3) is 0.333. The van der Waals surface area contributed by atoms with E-state index in [9.17, 15) is 9.59 Å². The molecule has 0 spiro atoms. The molecule has 146 valence electrons. The molecule has 1 saturated heterocycles. The first kappa shape index (κ1) is 19.0. The molecule has 28 heavy (non-hydrogen) atoms. The van der Waals surface area contributed by atoms with Crippen LogP contribution < -0.4 is 9.64 Å². The SMILES string of the molecule is CC1CN(C(=O)CN2C(=O)COc3cc(Br)ccc32)CC(c2ccccc2)O1. The number of carbonyl (C=O) groups excluding carboxylic acids is 2. The fourth-order valence-corrected chi connectivity index (χ4v) is 3.93. The molecule has 0 aliphatic carbocycles. The zero-order valence-electron chi connectivity index (χ0n) is 15.5. The predicted molar refractivity (Wildman–Crippen MR) is 108 cm³/mol. The van der Waals surface area contributed by atoms with Crippen LogP contribution in [0.15, 0.2) is 53.0 Å². The number of nitrogens with zero attached hydrogens (tertiary/aromatic N) is 2. The summed E-state index contributed by atoms with van der Waals surface area (Å²) in [5.41, 5.74) is 1.67. The second-order valence-electron chi connectivity index (χ2n) is 7.03. The maximum atomic E-state index is 13.0. The summed E-state index contributed by atoms with van der Waals surface area (Å²) in [5.74, 6) is 0.281. The molecule has 2 atom stereocenters. The van der Waals surface area contributed by atoms with Gasteiger partial charge in [-0.05, 0) is 30.7 Å². The first-order chi connectivity index (χ1) is 13.5. The molecule has 4 rings (SSSR count). The number of rotatable bonds is 3. The van der Waals surface area contributed by atoms with Crippen LogP contribution in [-0.2, 0) is 14.3 Å². The molecule has 2 aliphatic rings. The molecule has 2 unspecified atom stereocenters. The van der Waals surface area contributed by atoms with Gasteiger partial charge in [0, 0.05) is 11.0 Å². The lowest BCUT2D eigenvalue weighted by atomic mass is 10.1. The molecule has 7 heteroatoms. The third kappa shape index (κ3) is 3.91. The topological polar surface area (TPSA) is 59.1 Å². The van der Waals surface area contributed by atoms with Crippen molar-refractivity contribution in [3.8, 4) is 5.75 Å². The fourth-order valence-electron chi connectivity index (χ4n) is 3.59. The highest BCUT2D eigenvalue weighted by atomic mass is 79.9. The van der Waals surface area contributed by atoms with Gasteiger partial charge in [-0.25, -0.2) is 0 Å². The van der Waals surface area contributed by atoms with Crippen LogP contribution in [0, 0.1) is 0 Å². The van der Waals surface area contributed by atoms with Crippen LogP contribution in [0.4, 0.5) is 5.69 Å². The Kier molecular flexibility index (Phi) is 5.37. The van der Waals surface area contributed by atoms with Gasteiger partial charge < -0.3 is 14.4 Å². The van der Waals surface area contributed by atoms with Gasteiger partial charge >= 0.3 is 0 Å². The maximum Gasteiger partial charge on any atom is 0.265 e. The molecule has 2 amide bonds. The number of anilines is 1. The molecule has 1 fully saturated rings. The van der Waals surface area contributed by atoms with E-state index in [4.69, 9.17) is 9.47 Å². The molecule has 2 aromatic carbocycles. The highest BCUT2D eigenvalue weighted by Crippen LogP contribution is 2.34. The molecular weight excluding hydrogens is 424 g/mol. The van der Waals surface area contributed by atoms with Crippen molar-refractivity contribution in [2.45, 2.75) is 19.1 Å². The number of hydrogen-bond donors (Lipinski definition) is 0. The molecule has 6 nitrogen and oxygen atoms in total. The van der Waals surface area contributed by atoms with Crippen LogP contribution >= 0.6 is 15.9 Å². The third-order valence-electron chi connectivity index (χ3n) is 4.94. The largest absolute Gasteiger partial charge is 0.482 e. The van der Waals surface area contributed by atoms with Crippen LogP contribution in [0.5, 0.6) is 5.75 Å². The minimum atomic E-state index is -0.218. The van der Waals surface area contributed by atoms with Gasteiger partial charge in [-0.2, -0.15) is 0 Å². The average molecular weight is 445 g/mol. The molecular formula is C21H21BrN2O4. The lowest BCUT2D eigenvalue weighted by Gasteiger charge is -2.38. The number of benzene rings is 2. The van der Waals surface area contributed by atoms with E-state index in [-0.39, 0.29) is 37.2 Å². The quantitative estimate of drug-likeness (QED) is 0.729. The van der Waals surface area contributed by atoms with Crippen molar-refractivity contribution in [2.75, 3.05) is 31.1 Å². The standard InChI is InChI=1S/C21H21BrN2O4/c1-14-10-23(11-19(28-14)15-5-3-2-4-6-15)20(25)12-24-17-8-7-16(22)9-18(17)27-13-21(24)26/h2-9,14,19H,10-13H2,1H3. The van der Waals surface area contributed by atoms with Gasteiger partial charge in [0.05, 0.1) is 18.3 Å². The zero-order valence-corrected chi connectivity index (χ0v) is 17.1. The van der Waals surface area contributed by atoms with E-state index in [1.807, 2.05) is 49.4 Å². The van der Waals surface area contributed by atoms with Crippen molar-refractivity contribution in [1.29, 1.82) is 0 Å². The number of halogens is 1. The first-order valence-electron chi connectivity index (χ1n) is 9.22. The Balaban J connectivity index is 1.51. The smallest absolute Gasteiger partial charge is 0.265 e. The van der Waals surface area contributed by atoms with Gasteiger partial charge in [-0.1, -0.05) is 46.3 Å². The van der Waals surface area contributed by atoms with Crippen molar-refractivity contribution in [1.82, 2.24) is 4.90 Å². The highest BCUT2D eigenvalue weighted by Gasteiger charge is 2.33. The Hall–Kier alpha value is -2.38. The van der Waals surface area contributed by atoms with Crippen molar-refractivity contribution in [2.24, 2.45) is 0 Å². The first-order valence-corrected chi connectivity index (χ1v) is 10.0. The van der Waals surface area contributed by atoms with E-state index >= 15 is 0 Å². The second-order valence-corrected chi connectivity index (χ2v) is 7.94. The Morgan fingerprint density at radius 3 is 2.75 bits per heavy atom. The summed E-state index contributed by atoms with van der Waals surface area (Å²) >= 11 is 3.40. The van der Waals surface area contributed by atoms with E-state index in [1.165, 1.54) is 4.90 Å². The van der Waals surface area contributed by atoms with Crippen molar-refractivity contribution >= 4 is 33.4 Å². The van der Waals surface area contributed by atoms with Crippen LogP contribution in [0.25, 0.3) is 0 Å². The summed E-state index contributed by atoms with van der Waals surface area (Å²) in [7, 11) is 0. The van der Waals surface area contributed by atoms with Crippen LogP contribution in [0.3, 0.4) is 0 Å². The summed E-state index contributed by atoms with van der Waals surface area (Å²) in [4.78, 5) is 28.7. The monoisotopic (exact) mass is 444 g/mol. The van der Waals surface area contributed by atoms with Crippen LogP contribution in [0.1, 0.15) is 18.6 Å². The average Bonchev–Trinajstić information content (AvgIpc) is 2.70. The van der Waals surface area contributed by atoms with Crippen molar-refractivity contribution < 1.29 is 19.1 Å². The minimum Gasteiger partial charge on any atom is -0.482 e. The van der Waals surface area contributed by atoms with Gasteiger partial charge in [-0.3, -0.25) is 14.5 Å². The lowest BCUT2D eigenvalue weighted by Crippen LogP contribution is -2.51.